The number of carbonyl (C=O) groups is 2. The normalized spacial score (nSPS) is 16.9. The molecule has 0 saturated carbocycles. The summed E-state index contributed by atoms with van der Waals surface area (Å²) in [5.41, 5.74) is 2.13. The molecule has 138 valence electrons. The van der Waals surface area contributed by atoms with Crippen molar-refractivity contribution >= 4 is 40.6 Å². The molecule has 3 rings (SSSR count). The molecule has 0 spiro atoms. The van der Waals surface area contributed by atoms with Crippen LogP contribution in [0, 0.1) is 0 Å². The number of aromatic hydroxyl groups is 1. The van der Waals surface area contributed by atoms with E-state index in [0.29, 0.717) is 16.0 Å². The van der Waals surface area contributed by atoms with E-state index in [0.717, 1.165) is 23.4 Å². The van der Waals surface area contributed by atoms with Gasteiger partial charge in [-0.15, -0.1) is 0 Å². The number of hydrogen-bond donors (Lipinski definition) is 3. The molecule has 0 aliphatic carbocycles. The summed E-state index contributed by atoms with van der Waals surface area (Å²) in [6, 6.07) is 11.8. The van der Waals surface area contributed by atoms with Gasteiger partial charge in [-0.3, -0.25) is 4.79 Å². The predicted molar refractivity (Wildman–Crippen MR) is 106 cm³/mol. The molecule has 2 aromatic carbocycles. The Hall–Kier alpha value is -3.06. The number of carbonyl (C=O) groups excluding carboxylic acids is 1. The van der Waals surface area contributed by atoms with Gasteiger partial charge < -0.3 is 15.5 Å². The number of hydrogen-bond acceptors (Lipinski definition) is 5. The molecule has 3 N–H and O–H groups in total. The molecular weight excluding hydrogens is 364 g/mol. The number of amidine groups is 1. The van der Waals surface area contributed by atoms with Gasteiger partial charge in [0.05, 0.1) is 16.2 Å². The van der Waals surface area contributed by atoms with E-state index in [1.54, 1.807) is 6.08 Å². The lowest BCUT2D eigenvalue weighted by molar-refractivity contribution is -0.115. The van der Waals surface area contributed by atoms with Gasteiger partial charge in [0.2, 0.25) is 0 Å². The van der Waals surface area contributed by atoms with Crippen molar-refractivity contribution in [2.45, 2.75) is 19.8 Å². The van der Waals surface area contributed by atoms with Gasteiger partial charge in [0.25, 0.3) is 5.91 Å². The van der Waals surface area contributed by atoms with Gasteiger partial charge in [-0.05, 0) is 53.1 Å². The number of aromatic carboxylic acids is 1. The van der Waals surface area contributed by atoms with Crippen LogP contribution in [0.1, 0.15) is 41.3 Å². The maximum Gasteiger partial charge on any atom is 0.338 e. The van der Waals surface area contributed by atoms with E-state index >= 15 is 0 Å². The lowest BCUT2D eigenvalue weighted by atomic mass is 10.0. The van der Waals surface area contributed by atoms with Gasteiger partial charge >= 0.3 is 5.97 Å². The highest BCUT2D eigenvalue weighted by Gasteiger charge is 2.24. The number of nitrogens with zero attached hydrogens (tertiary/aromatic N) is 1. The molecule has 1 fully saturated rings. The number of nitrogens with one attached hydrogen (secondary N) is 1. The van der Waals surface area contributed by atoms with Crippen LogP contribution in [0.4, 0.5) is 5.69 Å². The highest BCUT2D eigenvalue weighted by Crippen LogP contribution is 2.30. The molecule has 0 unspecified atom stereocenters. The molecule has 1 aliphatic rings. The minimum Gasteiger partial charge on any atom is -0.508 e. The van der Waals surface area contributed by atoms with E-state index in [-0.39, 0.29) is 22.9 Å². The first-order valence-electron chi connectivity index (χ1n) is 8.29. The van der Waals surface area contributed by atoms with Crippen molar-refractivity contribution in [3.05, 3.63) is 64.1 Å². The summed E-state index contributed by atoms with van der Waals surface area (Å²) in [6.07, 6.45) is 1.77. The first kappa shape index (κ1) is 18.7. The summed E-state index contributed by atoms with van der Waals surface area (Å²) in [5, 5.41) is 21.6. The maximum absolute atomic E-state index is 12.2. The highest BCUT2D eigenvalue weighted by atomic mass is 32.2. The number of rotatable bonds is 4. The van der Waals surface area contributed by atoms with Crippen LogP contribution in [-0.4, -0.2) is 27.3 Å². The molecule has 27 heavy (non-hydrogen) atoms. The SMILES string of the molecule is CC(C)c1ccc(/C=C2\SC(=Nc3ccc(O)cc3C(=O)O)NC2=O)cc1. The van der Waals surface area contributed by atoms with Crippen LogP contribution in [0.5, 0.6) is 5.75 Å². The lowest BCUT2D eigenvalue weighted by Crippen LogP contribution is -2.19. The monoisotopic (exact) mass is 382 g/mol. The summed E-state index contributed by atoms with van der Waals surface area (Å²) in [4.78, 5) is 28.2. The van der Waals surface area contributed by atoms with E-state index in [1.807, 2.05) is 24.3 Å². The molecule has 1 heterocycles. The van der Waals surface area contributed by atoms with Crippen LogP contribution in [-0.2, 0) is 4.79 Å². The summed E-state index contributed by atoms with van der Waals surface area (Å²) < 4.78 is 0. The fourth-order valence-corrected chi connectivity index (χ4v) is 3.35. The number of benzene rings is 2. The molecule has 0 bridgehead atoms. The second kappa shape index (κ2) is 7.67. The number of phenolic OH excluding ortho intramolecular Hbond substituents is 1. The molecule has 0 atom stereocenters. The third kappa shape index (κ3) is 4.38. The van der Waals surface area contributed by atoms with E-state index in [9.17, 15) is 19.8 Å². The number of thioether (sulfide) groups is 1. The quantitative estimate of drug-likeness (QED) is 0.691. The van der Waals surface area contributed by atoms with Crippen LogP contribution < -0.4 is 5.32 Å². The van der Waals surface area contributed by atoms with Crippen molar-refractivity contribution in [1.82, 2.24) is 5.32 Å². The zero-order valence-electron chi connectivity index (χ0n) is 14.8. The van der Waals surface area contributed by atoms with Crippen molar-refractivity contribution in [1.29, 1.82) is 0 Å². The smallest absolute Gasteiger partial charge is 0.338 e. The Morgan fingerprint density at radius 3 is 2.52 bits per heavy atom. The fraction of sp³-hybridized carbons (Fsp3) is 0.150. The second-order valence-corrected chi connectivity index (χ2v) is 7.34. The topological polar surface area (TPSA) is 99.0 Å². The van der Waals surface area contributed by atoms with E-state index in [2.05, 4.69) is 24.2 Å². The van der Waals surface area contributed by atoms with Gasteiger partial charge in [0, 0.05) is 0 Å². The van der Waals surface area contributed by atoms with Crippen molar-refractivity contribution in [3.63, 3.8) is 0 Å². The minimum atomic E-state index is -1.21. The van der Waals surface area contributed by atoms with E-state index < -0.39 is 5.97 Å². The van der Waals surface area contributed by atoms with Crippen molar-refractivity contribution in [2.24, 2.45) is 4.99 Å². The minimum absolute atomic E-state index is 0.140. The summed E-state index contributed by atoms with van der Waals surface area (Å²) in [7, 11) is 0. The third-order valence-electron chi connectivity index (χ3n) is 3.98. The lowest BCUT2D eigenvalue weighted by Gasteiger charge is -2.04. The van der Waals surface area contributed by atoms with Crippen LogP contribution in [0.3, 0.4) is 0 Å². The molecule has 1 aliphatic heterocycles. The Balaban J connectivity index is 1.85. The Morgan fingerprint density at radius 1 is 1.19 bits per heavy atom. The Kier molecular flexibility index (Phi) is 5.32. The van der Waals surface area contributed by atoms with E-state index in [4.69, 9.17) is 0 Å². The van der Waals surface area contributed by atoms with Crippen molar-refractivity contribution in [3.8, 4) is 5.75 Å². The molecule has 0 radical (unpaired) electrons. The van der Waals surface area contributed by atoms with Gasteiger partial charge in [0.1, 0.15) is 5.75 Å². The number of carboxylic acids is 1. The fourth-order valence-electron chi connectivity index (χ4n) is 2.51. The average molecular weight is 382 g/mol. The van der Waals surface area contributed by atoms with Crippen LogP contribution in [0.25, 0.3) is 6.08 Å². The zero-order valence-corrected chi connectivity index (χ0v) is 15.6. The number of carboxylic acid groups (broad SMARTS) is 1. The van der Waals surface area contributed by atoms with Crippen molar-refractivity contribution < 1.29 is 19.8 Å². The first-order valence-corrected chi connectivity index (χ1v) is 9.11. The number of amides is 1. The van der Waals surface area contributed by atoms with Crippen molar-refractivity contribution in [2.75, 3.05) is 0 Å². The van der Waals surface area contributed by atoms with Gasteiger partial charge in [0.15, 0.2) is 5.17 Å². The van der Waals surface area contributed by atoms with Crippen LogP contribution in [0.2, 0.25) is 0 Å². The Bertz CT molecular complexity index is 962. The predicted octanol–water partition coefficient (Wildman–Crippen LogP) is 4.11. The standard InChI is InChI=1S/C20H18N2O4S/c1-11(2)13-5-3-12(4-6-13)9-17-18(24)22-20(27-17)21-16-8-7-14(23)10-15(16)19(25)26/h3-11,23H,1-2H3,(H,25,26)(H,21,22,24)/b17-9-. The summed E-state index contributed by atoms with van der Waals surface area (Å²) in [6.45, 7) is 4.23. The van der Waals surface area contributed by atoms with Crippen LogP contribution >= 0.6 is 11.8 Å². The van der Waals surface area contributed by atoms with Gasteiger partial charge in [-0.25, -0.2) is 9.79 Å². The second-order valence-electron chi connectivity index (χ2n) is 6.31. The van der Waals surface area contributed by atoms with Gasteiger partial charge in [-0.1, -0.05) is 38.1 Å². The first-order chi connectivity index (χ1) is 12.8. The maximum atomic E-state index is 12.2. The number of aliphatic imine (C=N–C) groups is 1. The van der Waals surface area contributed by atoms with Gasteiger partial charge in [-0.2, -0.15) is 0 Å². The molecule has 1 amide bonds. The largest absolute Gasteiger partial charge is 0.508 e. The van der Waals surface area contributed by atoms with Crippen LogP contribution in [0.15, 0.2) is 52.4 Å². The summed E-state index contributed by atoms with van der Waals surface area (Å²) in [5.74, 6) is -1.23. The third-order valence-corrected chi connectivity index (χ3v) is 4.89. The van der Waals surface area contributed by atoms with E-state index in [1.165, 1.54) is 17.7 Å². The molecule has 7 heteroatoms. The summed E-state index contributed by atoms with van der Waals surface area (Å²) >= 11 is 1.14. The molecule has 1 saturated heterocycles. The molecule has 6 nitrogen and oxygen atoms in total. The zero-order chi connectivity index (χ0) is 19.6. The average Bonchev–Trinajstić information content (AvgIpc) is 2.96. The highest BCUT2D eigenvalue weighted by molar-refractivity contribution is 8.18. The number of phenols is 1. The molecule has 2 aromatic rings. The Morgan fingerprint density at radius 2 is 1.89 bits per heavy atom. The Labute approximate surface area is 160 Å². The molecule has 0 aromatic heterocycles. The molecular formula is C20H18N2O4S.